The molecule has 1 aliphatic heterocycles. The third-order valence-electron chi connectivity index (χ3n) is 5.16. The smallest absolute Gasteiger partial charge is 0.274 e. The number of likely N-dealkylation sites (tertiary alicyclic amines) is 1. The van der Waals surface area contributed by atoms with Crippen molar-refractivity contribution in [3.8, 4) is 10.9 Å². The Balaban J connectivity index is 1.29. The standard InChI is InChI=1S/C22H23ClN2O3S/c1-14-3-4-15(2)21-20(14)24-22(29-21)28-18-9-11-25(12-10-18)19(26)13-27-17-7-5-16(23)6-8-17/h3-8,18H,9-13H2,1-2H3. The van der Waals surface area contributed by atoms with Gasteiger partial charge in [0.1, 0.15) is 11.9 Å². The molecule has 152 valence electrons. The number of halogens is 1. The summed E-state index contributed by atoms with van der Waals surface area (Å²) < 4.78 is 12.9. The van der Waals surface area contributed by atoms with Crippen LogP contribution >= 0.6 is 22.9 Å². The Morgan fingerprint density at radius 2 is 1.83 bits per heavy atom. The van der Waals surface area contributed by atoms with Gasteiger partial charge in [-0.05, 0) is 49.2 Å². The van der Waals surface area contributed by atoms with Crippen LogP contribution in [0, 0.1) is 13.8 Å². The number of piperidine rings is 1. The maximum Gasteiger partial charge on any atom is 0.274 e. The number of benzene rings is 2. The summed E-state index contributed by atoms with van der Waals surface area (Å²) in [5, 5.41) is 1.36. The molecular weight excluding hydrogens is 408 g/mol. The van der Waals surface area contributed by atoms with E-state index >= 15 is 0 Å². The van der Waals surface area contributed by atoms with Gasteiger partial charge in [-0.3, -0.25) is 4.79 Å². The topological polar surface area (TPSA) is 51.7 Å². The lowest BCUT2D eigenvalue weighted by molar-refractivity contribution is -0.135. The van der Waals surface area contributed by atoms with Crippen LogP contribution in [-0.4, -0.2) is 41.6 Å². The molecule has 0 unspecified atom stereocenters. The Hall–Kier alpha value is -2.31. The van der Waals surface area contributed by atoms with E-state index in [1.54, 1.807) is 35.6 Å². The Morgan fingerprint density at radius 1 is 1.14 bits per heavy atom. The highest BCUT2D eigenvalue weighted by Gasteiger charge is 2.25. The van der Waals surface area contributed by atoms with Crippen molar-refractivity contribution < 1.29 is 14.3 Å². The van der Waals surface area contributed by atoms with E-state index in [2.05, 4.69) is 31.0 Å². The average molecular weight is 431 g/mol. The highest BCUT2D eigenvalue weighted by atomic mass is 35.5. The first-order chi connectivity index (χ1) is 14.0. The number of aryl methyl sites for hydroxylation is 2. The first-order valence-corrected chi connectivity index (χ1v) is 10.9. The van der Waals surface area contributed by atoms with Gasteiger partial charge in [-0.25, -0.2) is 4.98 Å². The predicted molar refractivity (Wildman–Crippen MR) is 116 cm³/mol. The molecule has 2 aromatic carbocycles. The molecule has 1 aromatic heterocycles. The third-order valence-corrected chi connectivity index (χ3v) is 6.49. The molecule has 0 radical (unpaired) electrons. The Morgan fingerprint density at radius 3 is 2.52 bits per heavy atom. The first kappa shape index (κ1) is 20.0. The van der Waals surface area contributed by atoms with E-state index in [0.29, 0.717) is 29.1 Å². The van der Waals surface area contributed by atoms with Crippen LogP contribution in [0.3, 0.4) is 0 Å². The van der Waals surface area contributed by atoms with Gasteiger partial charge in [-0.15, -0.1) is 0 Å². The van der Waals surface area contributed by atoms with Crippen molar-refractivity contribution in [1.82, 2.24) is 9.88 Å². The van der Waals surface area contributed by atoms with Gasteiger partial charge in [0.2, 0.25) is 0 Å². The zero-order chi connectivity index (χ0) is 20.4. The van der Waals surface area contributed by atoms with E-state index in [-0.39, 0.29) is 18.6 Å². The molecule has 0 aliphatic carbocycles. The summed E-state index contributed by atoms with van der Waals surface area (Å²) >= 11 is 7.46. The molecule has 1 fully saturated rings. The number of carbonyl (C=O) groups is 1. The zero-order valence-electron chi connectivity index (χ0n) is 16.5. The van der Waals surface area contributed by atoms with E-state index < -0.39 is 0 Å². The maximum atomic E-state index is 12.4. The molecule has 4 rings (SSSR count). The molecule has 0 N–H and O–H groups in total. The lowest BCUT2D eigenvalue weighted by Gasteiger charge is -2.31. The average Bonchev–Trinajstić information content (AvgIpc) is 3.16. The fourth-order valence-electron chi connectivity index (χ4n) is 3.42. The molecule has 2 heterocycles. The second kappa shape index (κ2) is 8.59. The number of rotatable bonds is 5. The number of nitrogens with zero attached hydrogens (tertiary/aromatic N) is 2. The summed E-state index contributed by atoms with van der Waals surface area (Å²) in [5.74, 6) is 0.632. The summed E-state index contributed by atoms with van der Waals surface area (Å²) in [5.41, 5.74) is 3.41. The first-order valence-electron chi connectivity index (χ1n) is 9.69. The van der Waals surface area contributed by atoms with Gasteiger partial charge < -0.3 is 14.4 Å². The molecule has 29 heavy (non-hydrogen) atoms. The van der Waals surface area contributed by atoms with Crippen molar-refractivity contribution in [2.24, 2.45) is 0 Å². The quantitative estimate of drug-likeness (QED) is 0.570. The summed E-state index contributed by atoms with van der Waals surface area (Å²) in [6.07, 6.45) is 1.67. The number of fused-ring (bicyclic) bond motifs is 1. The van der Waals surface area contributed by atoms with Crippen molar-refractivity contribution in [2.45, 2.75) is 32.8 Å². The van der Waals surface area contributed by atoms with Gasteiger partial charge in [-0.2, -0.15) is 0 Å². The van der Waals surface area contributed by atoms with Crippen molar-refractivity contribution >= 4 is 39.1 Å². The van der Waals surface area contributed by atoms with Crippen molar-refractivity contribution in [2.75, 3.05) is 19.7 Å². The predicted octanol–water partition coefficient (Wildman–Crippen LogP) is 5.02. The van der Waals surface area contributed by atoms with Crippen LogP contribution in [0.5, 0.6) is 10.9 Å². The van der Waals surface area contributed by atoms with Gasteiger partial charge in [0.25, 0.3) is 11.1 Å². The van der Waals surface area contributed by atoms with Crippen molar-refractivity contribution in [3.05, 3.63) is 52.5 Å². The largest absolute Gasteiger partial charge is 0.484 e. The van der Waals surface area contributed by atoms with Gasteiger partial charge >= 0.3 is 0 Å². The molecule has 0 spiro atoms. The number of aromatic nitrogens is 1. The Bertz CT molecular complexity index is 972. The van der Waals surface area contributed by atoms with Crippen LogP contribution in [0.2, 0.25) is 5.02 Å². The molecule has 1 amide bonds. The van der Waals surface area contributed by atoms with Crippen LogP contribution in [0.1, 0.15) is 24.0 Å². The minimum atomic E-state index is -0.00960. The molecular formula is C22H23ClN2O3S. The fraction of sp³-hybridized carbons (Fsp3) is 0.364. The third kappa shape index (κ3) is 4.65. The van der Waals surface area contributed by atoms with Crippen molar-refractivity contribution in [1.29, 1.82) is 0 Å². The Kier molecular flexibility index (Phi) is 5.92. The van der Waals surface area contributed by atoms with Crippen LogP contribution in [0.15, 0.2) is 36.4 Å². The highest BCUT2D eigenvalue weighted by Crippen LogP contribution is 2.33. The molecule has 1 aliphatic rings. The summed E-state index contributed by atoms with van der Waals surface area (Å²) in [6, 6.07) is 11.2. The normalized spacial score (nSPS) is 14.9. The van der Waals surface area contributed by atoms with E-state index in [1.165, 1.54) is 10.3 Å². The molecule has 1 saturated heterocycles. The second-order valence-electron chi connectivity index (χ2n) is 7.30. The van der Waals surface area contributed by atoms with Crippen LogP contribution < -0.4 is 9.47 Å². The number of thiazole rings is 1. The molecule has 0 bridgehead atoms. The van der Waals surface area contributed by atoms with E-state index in [0.717, 1.165) is 23.9 Å². The number of hydrogen-bond acceptors (Lipinski definition) is 5. The summed E-state index contributed by atoms with van der Waals surface area (Å²) in [4.78, 5) is 18.9. The maximum absolute atomic E-state index is 12.4. The van der Waals surface area contributed by atoms with Gasteiger partial charge in [-0.1, -0.05) is 35.1 Å². The van der Waals surface area contributed by atoms with E-state index in [4.69, 9.17) is 21.1 Å². The molecule has 0 saturated carbocycles. The molecule has 0 atom stereocenters. The van der Waals surface area contributed by atoms with Crippen LogP contribution in [0.4, 0.5) is 0 Å². The lowest BCUT2D eigenvalue weighted by Crippen LogP contribution is -2.43. The Labute approximate surface area is 179 Å². The number of amides is 1. The number of carbonyl (C=O) groups excluding carboxylic acids is 1. The molecule has 3 aromatic rings. The van der Waals surface area contributed by atoms with Crippen LogP contribution in [0.25, 0.3) is 10.2 Å². The minimum Gasteiger partial charge on any atom is -0.484 e. The van der Waals surface area contributed by atoms with Gasteiger partial charge in [0.15, 0.2) is 6.61 Å². The lowest BCUT2D eigenvalue weighted by atomic mass is 10.1. The monoisotopic (exact) mass is 430 g/mol. The second-order valence-corrected chi connectivity index (χ2v) is 8.70. The van der Waals surface area contributed by atoms with E-state index in [1.807, 2.05) is 4.90 Å². The van der Waals surface area contributed by atoms with Gasteiger partial charge in [0, 0.05) is 31.0 Å². The summed E-state index contributed by atoms with van der Waals surface area (Å²) in [6.45, 7) is 5.53. The van der Waals surface area contributed by atoms with Crippen molar-refractivity contribution in [3.63, 3.8) is 0 Å². The minimum absolute atomic E-state index is 0.00960. The van der Waals surface area contributed by atoms with Crippen LogP contribution in [-0.2, 0) is 4.79 Å². The SMILES string of the molecule is Cc1ccc(C)c2sc(OC3CCN(C(=O)COc4ccc(Cl)cc4)CC3)nc12. The highest BCUT2D eigenvalue weighted by molar-refractivity contribution is 7.20. The zero-order valence-corrected chi connectivity index (χ0v) is 18.1. The number of ether oxygens (including phenoxy) is 2. The summed E-state index contributed by atoms with van der Waals surface area (Å²) in [7, 11) is 0. The fourth-order valence-corrected chi connectivity index (χ4v) is 4.58. The number of hydrogen-bond donors (Lipinski definition) is 0. The van der Waals surface area contributed by atoms with Gasteiger partial charge in [0.05, 0.1) is 10.2 Å². The molecule has 5 nitrogen and oxygen atoms in total. The molecule has 7 heteroatoms. The van der Waals surface area contributed by atoms with E-state index in [9.17, 15) is 4.79 Å².